The summed E-state index contributed by atoms with van der Waals surface area (Å²) in [6.45, 7) is 0. The second-order valence-electron chi connectivity index (χ2n) is 14.3. The van der Waals surface area contributed by atoms with Crippen LogP contribution in [0.3, 0.4) is 0 Å². The third-order valence-electron chi connectivity index (χ3n) is 10.8. The first kappa shape index (κ1) is 32.4. The molecule has 0 aliphatic heterocycles. The molecule has 0 atom stereocenters. The van der Waals surface area contributed by atoms with Gasteiger partial charge in [-0.05, 0) is 60.9 Å². The maximum Gasteiger partial charge on any atom is 0.164 e. The second kappa shape index (κ2) is 12.8. The predicted octanol–water partition coefficient (Wildman–Crippen LogP) is 13.4. The van der Waals surface area contributed by atoms with Gasteiger partial charge in [-0.2, -0.15) is 0 Å². The van der Waals surface area contributed by atoms with Gasteiger partial charge in [-0.3, -0.25) is 0 Å². The Hall–Kier alpha value is -6.87. The lowest BCUT2D eigenvalue weighted by Crippen LogP contribution is -2.01. The summed E-state index contributed by atoms with van der Waals surface area (Å²) in [4.78, 5) is 27.4. The Bertz CT molecular complexity index is 3420. The lowest BCUT2D eigenvalue weighted by molar-refractivity contribution is 0.669. The number of furan rings is 1. The number of allylic oxidation sites excluding steroid dienone is 1. The van der Waals surface area contributed by atoms with Gasteiger partial charge in [-0.25, -0.2) is 24.9 Å². The summed E-state index contributed by atoms with van der Waals surface area (Å²) in [5.41, 5.74) is 9.58. The van der Waals surface area contributed by atoms with Gasteiger partial charge in [0.15, 0.2) is 23.3 Å². The van der Waals surface area contributed by atoms with E-state index in [0.717, 1.165) is 83.9 Å². The fraction of sp³-hybridized carbons (Fsp3) is 0.0408. The second-order valence-corrected chi connectivity index (χ2v) is 16.4. The van der Waals surface area contributed by atoms with Crippen LogP contribution in [0.2, 0.25) is 0 Å². The maximum atomic E-state index is 6.53. The highest BCUT2D eigenvalue weighted by atomic mass is 32.1. The summed E-state index contributed by atoms with van der Waals surface area (Å²) >= 11 is 3.57. The molecule has 0 N–H and O–H groups in total. The van der Waals surface area contributed by atoms with Crippen LogP contribution in [0.15, 0.2) is 150 Å². The average molecular weight is 768 g/mol. The van der Waals surface area contributed by atoms with Gasteiger partial charge in [0.05, 0.1) is 15.9 Å². The van der Waals surface area contributed by atoms with E-state index in [-0.39, 0.29) is 0 Å². The number of aromatic nitrogens is 5. The van der Waals surface area contributed by atoms with Crippen molar-refractivity contribution in [3.05, 3.63) is 156 Å². The quantitative estimate of drug-likeness (QED) is 0.174. The highest BCUT2D eigenvalue weighted by Crippen LogP contribution is 2.44. The van der Waals surface area contributed by atoms with E-state index in [0.29, 0.717) is 23.3 Å². The standard InChI is InChI=1S/C49H29N5OS2/c1-3-13-28(14-4-1)43-45-44(32-18-8-10-23-39(32)57-45)51-48(50-43)33-19-11-21-37-41(33)35-27-30(25-26-36(35)55-37)47-52-46(29-15-5-2-6-16-29)53-49(54-47)34-20-12-24-40-42(34)31-17-7-9-22-38(31)56-40/h1-6,8-16,18-27H,7,17H2. The van der Waals surface area contributed by atoms with Crippen molar-refractivity contribution >= 4 is 81.1 Å². The van der Waals surface area contributed by atoms with Gasteiger partial charge < -0.3 is 4.42 Å². The molecule has 0 saturated heterocycles. The molecule has 0 bridgehead atoms. The summed E-state index contributed by atoms with van der Waals surface area (Å²) in [7, 11) is 0. The summed E-state index contributed by atoms with van der Waals surface area (Å²) in [6, 6.07) is 47.8. The molecule has 1 aliphatic rings. The summed E-state index contributed by atoms with van der Waals surface area (Å²) in [5.74, 6) is 2.55. The Kier molecular flexibility index (Phi) is 7.30. The van der Waals surface area contributed by atoms with E-state index >= 15 is 0 Å². The van der Waals surface area contributed by atoms with Gasteiger partial charge in [0.2, 0.25) is 0 Å². The molecule has 57 heavy (non-hydrogen) atoms. The number of nitrogens with zero attached hydrogens (tertiary/aromatic N) is 5. The third-order valence-corrected chi connectivity index (χ3v) is 13.2. The number of aryl methyl sites for hydroxylation is 1. The van der Waals surface area contributed by atoms with Crippen molar-refractivity contribution in [2.45, 2.75) is 12.8 Å². The van der Waals surface area contributed by atoms with Gasteiger partial charge in [0.25, 0.3) is 0 Å². The minimum atomic E-state index is 0.599. The Morgan fingerprint density at radius 1 is 0.491 bits per heavy atom. The SMILES string of the molecule is C1=Cc2sc3cccc(-c4nc(-c5ccccc5)nc(-c5ccc6oc7cccc(-c8nc(-c9ccccc9)c9sc%10ccccc%10c9n8)c7c6c5)n4)c3c2CC1. The number of hydrogen-bond acceptors (Lipinski definition) is 8. The van der Waals surface area contributed by atoms with E-state index in [2.05, 4.69) is 103 Å². The van der Waals surface area contributed by atoms with Gasteiger partial charge in [0.1, 0.15) is 11.2 Å². The van der Waals surface area contributed by atoms with Crippen LogP contribution in [0.1, 0.15) is 16.9 Å². The number of benzene rings is 6. The van der Waals surface area contributed by atoms with Gasteiger partial charge in [0, 0.05) is 63.6 Å². The van der Waals surface area contributed by atoms with Crippen LogP contribution >= 0.6 is 22.7 Å². The fourth-order valence-electron chi connectivity index (χ4n) is 8.22. The molecule has 1 aliphatic carbocycles. The van der Waals surface area contributed by atoms with E-state index in [4.69, 9.17) is 29.3 Å². The highest BCUT2D eigenvalue weighted by molar-refractivity contribution is 7.26. The first-order valence-corrected chi connectivity index (χ1v) is 20.6. The normalized spacial score (nSPS) is 12.7. The zero-order valence-corrected chi connectivity index (χ0v) is 31.9. The molecular weight excluding hydrogens is 739 g/mol. The molecule has 0 fully saturated rings. The molecule has 0 saturated carbocycles. The monoisotopic (exact) mass is 767 g/mol. The first-order valence-electron chi connectivity index (χ1n) is 19.0. The van der Waals surface area contributed by atoms with Crippen molar-refractivity contribution in [3.8, 4) is 56.8 Å². The summed E-state index contributed by atoms with van der Waals surface area (Å²) in [6.07, 6.45) is 6.56. The largest absolute Gasteiger partial charge is 0.456 e. The molecule has 268 valence electrons. The van der Waals surface area contributed by atoms with Crippen LogP contribution in [-0.2, 0) is 6.42 Å². The number of rotatable bonds is 5. The molecular formula is C49H29N5OS2. The number of fused-ring (bicyclic) bond motifs is 9. The zero-order chi connectivity index (χ0) is 37.5. The highest BCUT2D eigenvalue weighted by Gasteiger charge is 2.23. The molecule has 12 rings (SSSR count). The van der Waals surface area contributed by atoms with Crippen molar-refractivity contribution in [2.24, 2.45) is 0 Å². The van der Waals surface area contributed by atoms with Gasteiger partial charge in [-0.1, -0.05) is 109 Å². The molecule has 0 spiro atoms. The molecule has 5 aromatic heterocycles. The van der Waals surface area contributed by atoms with Crippen LogP contribution in [0.25, 0.3) is 115 Å². The van der Waals surface area contributed by atoms with E-state index in [9.17, 15) is 0 Å². The van der Waals surface area contributed by atoms with Crippen molar-refractivity contribution in [3.63, 3.8) is 0 Å². The van der Waals surface area contributed by atoms with E-state index in [1.165, 1.54) is 25.2 Å². The summed E-state index contributed by atoms with van der Waals surface area (Å²) < 4.78 is 10.0. The lowest BCUT2D eigenvalue weighted by atomic mass is 9.97. The summed E-state index contributed by atoms with van der Waals surface area (Å²) in [5, 5.41) is 4.26. The van der Waals surface area contributed by atoms with Crippen LogP contribution in [0.5, 0.6) is 0 Å². The van der Waals surface area contributed by atoms with Crippen molar-refractivity contribution in [1.82, 2.24) is 24.9 Å². The third kappa shape index (κ3) is 5.25. The van der Waals surface area contributed by atoms with Crippen LogP contribution < -0.4 is 0 Å². The molecule has 0 radical (unpaired) electrons. The van der Waals surface area contributed by atoms with Gasteiger partial charge in [-0.15, -0.1) is 22.7 Å². The molecule has 6 aromatic carbocycles. The zero-order valence-electron chi connectivity index (χ0n) is 30.3. The van der Waals surface area contributed by atoms with Crippen molar-refractivity contribution in [2.75, 3.05) is 0 Å². The van der Waals surface area contributed by atoms with Crippen LogP contribution in [0, 0.1) is 0 Å². The van der Waals surface area contributed by atoms with Crippen molar-refractivity contribution < 1.29 is 4.42 Å². The van der Waals surface area contributed by atoms with E-state index < -0.39 is 0 Å². The molecule has 11 aromatic rings. The number of thiophene rings is 2. The number of hydrogen-bond donors (Lipinski definition) is 0. The Labute approximate surface area is 334 Å². The van der Waals surface area contributed by atoms with Gasteiger partial charge >= 0.3 is 0 Å². The first-order chi connectivity index (χ1) is 28.2. The minimum absolute atomic E-state index is 0.599. The molecule has 8 heteroatoms. The average Bonchev–Trinajstić information content (AvgIpc) is 3.97. The Morgan fingerprint density at radius 2 is 1.19 bits per heavy atom. The molecule has 5 heterocycles. The Morgan fingerprint density at radius 3 is 2.05 bits per heavy atom. The van der Waals surface area contributed by atoms with E-state index in [1.807, 2.05) is 59.9 Å². The predicted molar refractivity (Wildman–Crippen MR) is 236 cm³/mol. The minimum Gasteiger partial charge on any atom is -0.456 e. The molecule has 0 amide bonds. The smallest absolute Gasteiger partial charge is 0.164 e. The van der Waals surface area contributed by atoms with Crippen LogP contribution in [0.4, 0.5) is 0 Å². The lowest BCUT2D eigenvalue weighted by Gasteiger charge is -2.11. The molecule has 0 unspecified atom stereocenters. The maximum absolute atomic E-state index is 6.53. The molecule has 6 nitrogen and oxygen atoms in total. The fourth-order valence-corrected chi connectivity index (χ4v) is 10.6. The Balaban J connectivity index is 1.08. The topological polar surface area (TPSA) is 77.6 Å². The van der Waals surface area contributed by atoms with Crippen molar-refractivity contribution in [1.29, 1.82) is 0 Å². The van der Waals surface area contributed by atoms with E-state index in [1.54, 1.807) is 11.3 Å². The van der Waals surface area contributed by atoms with Crippen LogP contribution in [-0.4, -0.2) is 24.9 Å².